The van der Waals surface area contributed by atoms with E-state index in [0.29, 0.717) is 23.5 Å². The molecule has 3 aromatic rings. The van der Waals surface area contributed by atoms with Gasteiger partial charge in [0.2, 0.25) is 0 Å². The largest absolute Gasteiger partial charge is 0.489 e. The normalized spacial score (nSPS) is 10.8. The first kappa shape index (κ1) is 26.0. The third-order valence-corrected chi connectivity index (χ3v) is 4.95. The Morgan fingerprint density at radius 1 is 0.806 bits per heavy atom. The van der Waals surface area contributed by atoms with E-state index in [1.54, 1.807) is 18.2 Å². The van der Waals surface area contributed by atoms with Gasteiger partial charge in [0.1, 0.15) is 31.3 Å². The number of hydrogen-bond donors (Lipinski definition) is 1. The number of ether oxygens (including phenoxy) is 4. The summed E-state index contributed by atoms with van der Waals surface area (Å²) in [6.45, 7) is 1.63. The van der Waals surface area contributed by atoms with Crippen LogP contribution in [-0.4, -0.2) is 25.1 Å². The minimum Gasteiger partial charge on any atom is -0.489 e. The number of rotatable bonds is 10. The lowest BCUT2D eigenvalue weighted by atomic mass is 10.1. The number of methoxy groups -OCH3 is 1. The van der Waals surface area contributed by atoms with E-state index in [-0.39, 0.29) is 18.9 Å². The lowest BCUT2D eigenvalue weighted by Crippen LogP contribution is -2.28. The van der Waals surface area contributed by atoms with Crippen LogP contribution in [0.2, 0.25) is 0 Å². The molecule has 36 heavy (non-hydrogen) atoms. The van der Waals surface area contributed by atoms with E-state index in [0.717, 1.165) is 11.1 Å². The van der Waals surface area contributed by atoms with Crippen molar-refractivity contribution < 1.29 is 33.3 Å². The number of esters is 2. The second-order valence-corrected chi connectivity index (χ2v) is 7.65. The first-order chi connectivity index (χ1) is 17.4. The van der Waals surface area contributed by atoms with Crippen molar-refractivity contribution in [3.63, 3.8) is 0 Å². The van der Waals surface area contributed by atoms with Crippen LogP contribution in [0.4, 0.5) is 4.79 Å². The zero-order chi connectivity index (χ0) is 25.8. The summed E-state index contributed by atoms with van der Waals surface area (Å²) < 4.78 is 21.1. The fourth-order valence-electron chi connectivity index (χ4n) is 3.14. The van der Waals surface area contributed by atoms with Crippen molar-refractivity contribution in [2.75, 3.05) is 7.11 Å². The topological polar surface area (TPSA) is 100 Å². The molecule has 0 aliphatic heterocycles. The van der Waals surface area contributed by atoms with Gasteiger partial charge in [-0.3, -0.25) is 10.1 Å². The molecule has 0 spiro atoms. The zero-order valence-corrected chi connectivity index (χ0v) is 20.1. The Morgan fingerprint density at radius 3 is 2.06 bits per heavy atom. The molecule has 0 saturated heterocycles. The quantitative estimate of drug-likeness (QED) is 0.249. The predicted molar refractivity (Wildman–Crippen MR) is 132 cm³/mol. The third kappa shape index (κ3) is 8.32. The lowest BCUT2D eigenvalue weighted by Gasteiger charge is -2.13. The molecule has 3 rings (SSSR count). The highest BCUT2D eigenvalue weighted by Gasteiger charge is 2.16. The van der Waals surface area contributed by atoms with Crippen LogP contribution in [0.15, 0.2) is 84.6 Å². The van der Waals surface area contributed by atoms with Gasteiger partial charge in [-0.25, -0.2) is 9.59 Å². The molecule has 0 unspecified atom stereocenters. The summed E-state index contributed by atoms with van der Waals surface area (Å²) in [7, 11) is 1.20. The van der Waals surface area contributed by atoms with Crippen LogP contribution in [0.1, 0.15) is 29.2 Å². The summed E-state index contributed by atoms with van der Waals surface area (Å²) >= 11 is 0. The van der Waals surface area contributed by atoms with E-state index >= 15 is 0 Å². The van der Waals surface area contributed by atoms with Gasteiger partial charge in [0.05, 0.1) is 7.11 Å². The van der Waals surface area contributed by atoms with Crippen LogP contribution < -0.4 is 10.1 Å². The van der Waals surface area contributed by atoms with Crippen molar-refractivity contribution in [1.82, 2.24) is 5.32 Å². The van der Waals surface area contributed by atoms with Crippen LogP contribution >= 0.6 is 0 Å². The third-order valence-electron chi connectivity index (χ3n) is 4.95. The molecule has 0 bridgehead atoms. The number of amides is 1. The molecule has 0 atom stereocenters. The summed E-state index contributed by atoms with van der Waals surface area (Å²) in [6.07, 6.45) is 0.606. The smallest absolute Gasteiger partial charge is 0.412 e. The predicted octanol–water partition coefficient (Wildman–Crippen LogP) is 4.77. The summed E-state index contributed by atoms with van der Waals surface area (Å²) in [5, 5.41) is 2.43. The van der Waals surface area contributed by atoms with Crippen molar-refractivity contribution in [3.8, 4) is 5.75 Å². The van der Waals surface area contributed by atoms with Gasteiger partial charge < -0.3 is 18.9 Å². The zero-order valence-electron chi connectivity index (χ0n) is 20.1. The number of benzene rings is 3. The molecule has 0 fully saturated rings. The summed E-state index contributed by atoms with van der Waals surface area (Å²) in [6, 6.07) is 23.9. The fraction of sp³-hybridized carbons (Fsp3) is 0.179. The number of carbonyl (C=O) groups excluding carboxylic acids is 3. The van der Waals surface area contributed by atoms with Gasteiger partial charge in [-0.2, -0.15) is 0 Å². The summed E-state index contributed by atoms with van der Waals surface area (Å²) in [5.41, 5.74) is 2.74. The molecule has 8 heteroatoms. The minimum absolute atomic E-state index is 0.0340. The lowest BCUT2D eigenvalue weighted by molar-refractivity contribution is -0.142. The Morgan fingerprint density at radius 2 is 1.44 bits per heavy atom. The van der Waals surface area contributed by atoms with Crippen molar-refractivity contribution >= 4 is 24.1 Å². The maximum Gasteiger partial charge on any atom is 0.412 e. The molecule has 1 N–H and O–H groups in total. The average Bonchev–Trinajstić information content (AvgIpc) is 2.90. The molecular formula is C28H27NO7. The van der Waals surface area contributed by atoms with Gasteiger partial charge >= 0.3 is 18.0 Å². The summed E-state index contributed by atoms with van der Waals surface area (Å²) in [5.74, 6) is -0.682. The Labute approximate surface area is 209 Å². The SMILES string of the molecule is COC(=O)/C(=C/c1ccc(OCc2ccccc2)cc1COC(C)=O)NC(=O)OCc1ccccc1. The fourth-order valence-corrected chi connectivity index (χ4v) is 3.14. The Kier molecular flexibility index (Phi) is 9.64. The van der Waals surface area contributed by atoms with Crippen LogP contribution in [0.5, 0.6) is 5.75 Å². The van der Waals surface area contributed by atoms with Crippen LogP contribution in [0, 0.1) is 0 Å². The summed E-state index contributed by atoms with van der Waals surface area (Å²) in [4.78, 5) is 36.1. The average molecular weight is 490 g/mol. The van der Waals surface area contributed by atoms with Gasteiger partial charge in [-0.15, -0.1) is 0 Å². The van der Waals surface area contributed by atoms with E-state index in [1.165, 1.54) is 20.1 Å². The van der Waals surface area contributed by atoms with E-state index < -0.39 is 18.0 Å². The molecular weight excluding hydrogens is 462 g/mol. The first-order valence-corrected chi connectivity index (χ1v) is 11.2. The van der Waals surface area contributed by atoms with E-state index in [9.17, 15) is 14.4 Å². The van der Waals surface area contributed by atoms with Crippen LogP contribution in [0.3, 0.4) is 0 Å². The molecule has 1 amide bonds. The number of alkyl carbamates (subject to hydrolysis) is 1. The highest BCUT2D eigenvalue weighted by Crippen LogP contribution is 2.22. The molecule has 186 valence electrons. The molecule has 0 aromatic heterocycles. The number of carbonyl (C=O) groups is 3. The maximum atomic E-state index is 12.4. The van der Waals surface area contributed by atoms with E-state index in [4.69, 9.17) is 18.9 Å². The Hall–Kier alpha value is -4.59. The van der Waals surface area contributed by atoms with Gasteiger partial charge in [0.15, 0.2) is 0 Å². The number of nitrogens with one attached hydrogen (secondary N) is 1. The maximum absolute atomic E-state index is 12.4. The van der Waals surface area contributed by atoms with E-state index in [1.807, 2.05) is 60.7 Å². The highest BCUT2D eigenvalue weighted by molar-refractivity contribution is 5.96. The first-order valence-electron chi connectivity index (χ1n) is 11.2. The highest BCUT2D eigenvalue weighted by atomic mass is 16.6. The van der Waals surface area contributed by atoms with Gasteiger partial charge in [-0.05, 0) is 34.9 Å². The van der Waals surface area contributed by atoms with Crippen molar-refractivity contribution in [2.24, 2.45) is 0 Å². The molecule has 0 saturated carbocycles. The minimum atomic E-state index is -0.820. The monoisotopic (exact) mass is 489 g/mol. The van der Waals surface area contributed by atoms with Crippen molar-refractivity contribution in [1.29, 1.82) is 0 Å². The van der Waals surface area contributed by atoms with Gasteiger partial charge in [0.25, 0.3) is 0 Å². The van der Waals surface area contributed by atoms with E-state index in [2.05, 4.69) is 5.32 Å². The second-order valence-electron chi connectivity index (χ2n) is 7.65. The Bertz CT molecular complexity index is 1210. The molecule has 0 aliphatic rings. The van der Waals surface area contributed by atoms with Crippen LogP contribution in [0.25, 0.3) is 6.08 Å². The molecule has 0 radical (unpaired) electrons. The van der Waals surface area contributed by atoms with Gasteiger partial charge in [-0.1, -0.05) is 66.7 Å². The molecule has 0 heterocycles. The molecule has 0 aliphatic carbocycles. The second kappa shape index (κ2) is 13.3. The standard InChI is InChI=1S/C28H27NO7/c1-20(30)34-19-24-15-25(35-17-21-9-5-3-6-10-21)14-13-23(24)16-26(27(31)33-2)29-28(32)36-18-22-11-7-4-8-12-22/h3-16H,17-19H2,1-2H3,(H,29,32)/b26-16-. The van der Waals surface area contributed by atoms with Gasteiger partial charge in [0, 0.05) is 12.5 Å². The van der Waals surface area contributed by atoms with Crippen molar-refractivity contribution in [2.45, 2.75) is 26.7 Å². The number of hydrogen-bond acceptors (Lipinski definition) is 7. The Balaban J connectivity index is 1.79. The molecule has 3 aromatic carbocycles. The van der Waals surface area contributed by atoms with Crippen LogP contribution in [-0.2, 0) is 43.6 Å². The van der Waals surface area contributed by atoms with Crippen molar-refractivity contribution in [3.05, 3.63) is 107 Å². The molecule has 8 nitrogen and oxygen atoms in total.